The topological polar surface area (TPSA) is 34.1 Å². The van der Waals surface area contributed by atoms with E-state index < -0.39 is 5.24 Å². The van der Waals surface area contributed by atoms with E-state index in [0.29, 0.717) is 31.8 Å². The summed E-state index contributed by atoms with van der Waals surface area (Å²) < 4.78 is 0. The van der Waals surface area contributed by atoms with Crippen molar-refractivity contribution in [2.24, 2.45) is 0 Å². The molecule has 0 atom stereocenters. The molecule has 8 heteroatoms. The number of carbonyl (C=O) groups excluding carboxylic acids is 2. The molecule has 0 aliphatic heterocycles. The van der Waals surface area contributed by atoms with Crippen LogP contribution in [0.15, 0.2) is 36.4 Å². The van der Waals surface area contributed by atoms with Crippen LogP contribution in [0.5, 0.6) is 0 Å². The molecule has 0 aromatic heterocycles. The van der Waals surface area contributed by atoms with Crippen molar-refractivity contribution in [3.8, 4) is 0 Å². The number of rotatable bonds is 5. The van der Waals surface area contributed by atoms with E-state index >= 15 is 0 Å². The number of alkyl halides is 1. The lowest BCUT2D eigenvalue weighted by atomic mass is 10.1. The third-order valence-electron chi connectivity index (χ3n) is 2.74. The number of halogens is 6. The third-order valence-corrected chi connectivity index (χ3v) is 4.37. The smallest absolute Gasteiger partial charge is 0.226 e. The summed E-state index contributed by atoms with van der Waals surface area (Å²) in [6.45, 7) is 0. The lowest BCUT2D eigenvalue weighted by Crippen LogP contribution is -2.03. The largest absolute Gasteiger partial charge is 0.298 e. The molecule has 2 aromatic rings. The summed E-state index contributed by atoms with van der Waals surface area (Å²) in [7, 11) is 0. The minimum Gasteiger partial charge on any atom is -0.298 e. The van der Waals surface area contributed by atoms with Crippen molar-refractivity contribution >= 4 is 85.0 Å². The summed E-state index contributed by atoms with van der Waals surface area (Å²) in [6.07, 6.45) is 0.521. The number of hydrogen-bond donors (Lipinski definition) is 0. The molecule has 0 amide bonds. The number of Topliss-reactive ketones (excluding diaryl/α,β-unsaturated/α-hetero) is 1. The first-order chi connectivity index (χ1) is 11.7. The van der Waals surface area contributed by atoms with Gasteiger partial charge in [-0.15, -0.1) is 0 Å². The van der Waals surface area contributed by atoms with Crippen molar-refractivity contribution in [2.75, 3.05) is 5.33 Å². The highest BCUT2D eigenvalue weighted by Gasteiger charge is 2.04. The Balaban J connectivity index is 0.000000251. The van der Waals surface area contributed by atoms with Gasteiger partial charge in [-0.05, 0) is 59.1 Å². The molecule has 0 radical (unpaired) electrons. The van der Waals surface area contributed by atoms with Gasteiger partial charge in [-0.2, -0.15) is 0 Å². The summed E-state index contributed by atoms with van der Waals surface area (Å²) in [6, 6.07) is 10.1. The van der Waals surface area contributed by atoms with Gasteiger partial charge in [-0.3, -0.25) is 9.59 Å². The van der Waals surface area contributed by atoms with E-state index in [-0.39, 0.29) is 12.2 Å². The molecule has 134 valence electrons. The predicted octanol–water partition coefficient (Wildman–Crippen LogP) is 6.80. The molecule has 2 nitrogen and oxygen atoms in total. The first-order valence-electron chi connectivity index (χ1n) is 6.85. The van der Waals surface area contributed by atoms with Gasteiger partial charge in [0.25, 0.3) is 0 Å². The van der Waals surface area contributed by atoms with Gasteiger partial charge in [0, 0.05) is 32.9 Å². The molecule has 2 aromatic carbocycles. The zero-order chi connectivity index (χ0) is 19.0. The highest BCUT2D eigenvalue weighted by molar-refractivity contribution is 9.09. The highest BCUT2D eigenvalue weighted by Crippen LogP contribution is 2.20. The van der Waals surface area contributed by atoms with Crippen LogP contribution in [0.3, 0.4) is 0 Å². The van der Waals surface area contributed by atoms with Crippen molar-refractivity contribution < 1.29 is 9.59 Å². The van der Waals surface area contributed by atoms with Crippen molar-refractivity contribution in [1.82, 2.24) is 0 Å². The van der Waals surface area contributed by atoms with E-state index in [2.05, 4.69) is 15.9 Å². The van der Waals surface area contributed by atoms with Crippen molar-refractivity contribution in [2.45, 2.75) is 12.8 Å². The molecule has 0 aliphatic rings. The summed E-state index contributed by atoms with van der Waals surface area (Å²) in [5, 5.41) is 2.07. The minimum absolute atomic E-state index is 0.110. The van der Waals surface area contributed by atoms with Gasteiger partial charge >= 0.3 is 0 Å². The molecule has 0 fully saturated rings. The fourth-order valence-electron chi connectivity index (χ4n) is 1.86. The van der Waals surface area contributed by atoms with Crippen LogP contribution in [0.25, 0.3) is 0 Å². The summed E-state index contributed by atoms with van der Waals surface area (Å²) in [5.41, 5.74) is 1.58. The van der Waals surface area contributed by atoms with Crippen LogP contribution in [0.2, 0.25) is 20.1 Å². The normalized spacial score (nSPS) is 10.0. The lowest BCUT2D eigenvalue weighted by molar-refractivity contribution is -0.116. The molecule has 2 rings (SSSR count). The Labute approximate surface area is 179 Å². The molecule has 0 N–H and O–H groups in total. The van der Waals surface area contributed by atoms with Crippen molar-refractivity contribution in [3.05, 3.63) is 67.6 Å². The van der Waals surface area contributed by atoms with E-state index in [1.54, 1.807) is 36.4 Å². The molecular formula is C17H12BrCl5O2. The van der Waals surface area contributed by atoms with Gasteiger partial charge in [-0.25, -0.2) is 0 Å². The predicted molar refractivity (Wildman–Crippen MR) is 110 cm³/mol. The third kappa shape index (κ3) is 9.83. The number of ketones is 1. The van der Waals surface area contributed by atoms with E-state index in [0.717, 1.165) is 11.1 Å². The van der Waals surface area contributed by atoms with E-state index in [1.165, 1.54) is 0 Å². The molecule has 0 saturated heterocycles. The Morgan fingerprint density at radius 2 is 1.08 bits per heavy atom. The first-order valence-corrected chi connectivity index (χ1v) is 9.86. The Bertz CT molecular complexity index is 724. The molecule has 0 saturated carbocycles. The molecule has 0 unspecified atom stereocenters. The van der Waals surface area contributed by atoms with E-state index in [4.69, 9.17) is 58.0 Å². The quantitative estimate of drug-likeness (QED) is 0.331. The molecule has 0 spiro atoms. The van der Waals surface area contributed by atoms with Gasteiger partial charge in [0.2, 0.25) is 5.24 Å². The summed E-state index contributed by atoms with van der Waals surface area (Å²) in [4.78, 5) is 21.6. The first kappa shape index (κ1) is 22.8. The van der Waals surface area contributed by atoms with Crippen LogP contribution in [0.4, 0.5) is 0 Å². The standard InChI is InChI=1S/C9H7BrCl2O.C8H5Cl3O/c10-5-9(13)3-6-1-7(11)4-8(12)2-6;9-6-1-5(3-8(11)12)2-7(10)4-6/h1-2,4H,3,5H2;1-2,4H,3H2. The second kappa shape index (κ2) is 11.4. The van der Waals surface area contributed by atoms with Crippen molar-refractivity contribution in [1.29, 1.82) is 0 Å². The van der Waals surface area contributed by atoms with Crippen LogP contribution in [0, 0.1) is 0 Å². The minimum atomic E-state index is -0.423. The zero-order valence-electron chi connectivity index (χ0n) is 12.7. The molecule has 25 heavy (non-hydrogen) atoms. The molecular weight excluding hydrogens is 493 g/mol. The van der Waals surface area contributed by atoms with Crippen LogP contribution >= 0.6 is 73.9 Å². The SMILES string of the molecule is O=C(CBr)Cc1cc(Cl)cc(Cl)c1.O=C(Cl)Cc1cc(Cl)cc(Cl)c1. The Kier molecular flexibility index (Phi) is 10.4. The van der Waals surface area contributed by atoms with Crippen molar-refractivity contribution in [3.63, 3.8) is 0 Å². The van der Waals surface area contributed by atoms with Gasteiger partial charge in [0.1, 0.15) is 5.78 Å². The Morgan fingerprint density at radius 1 is 0.720 bits per heavy atom. The number of benzene rings is 2. The summed E-state index contributed by atoms with van der Waals surface area (Å²) in [5.74, 6) is 0.110. The average molecular weight is 505 g/mol. The maximum absolute atomic E-state index is 11.1. The van der Waals surface area contributed by atoms with Crippen LogP contribution in [0.1, 0.15) is 11.1 Å². The van der Waals surface area contributed by atoms with E-state index in [9.17, 15) is 9.59 Å². The zero-order valence-corrected chi connectivity index (χ0v) is 18.0. The highest BCUT2D eigenvalue weighted by atomic mass is 79.9. The number of hydrogen-bond acceptors (Lipinski definition) is 2. The van der Waals surface area contributed by atoms with Gasteiger partial charge in [0.05, 0.1) is 5.33 Å². The average Bonchev–Trinajstić information content (AvgIpc) is 2.44. The van der Waals surface area contributed by atoms with Gasteiger partial charge < -0.3 is 0 Å². The van der Waals surface area contributed by atoms with Crippen LogP contribution < -0.4 is 0 Å². The second-order valence-electron chi connectivity index (χ2n) is 4.94. The maximum atomic E-state index is 11.1. The lowest BCUT2D eigenvalue weighted by Gasteiger charge is -2.00. The molecule has 0 aliphatic carbocycles. The fourth-order valence-corrected chi connectivity index (χ4v) is 3.36. The molecule has 0 heterocycles. The van der Waals surface area contributed by atoms with Crippen LogP contribution in [-0.2, 0) is 22.4 Å². The van der Waals surface area contributed by atoms with Gasteiger partial charge in [-0.1, -0.05) is 62.3 Å². The molecule has 0 bridgehead atoms. The van der Waals surface area contributed by atoms with Crippen LogP contribution in [-0.4, -0.2) is 16.4 Å². The second-order valence-corrected chi connectivity index (χ2v) is 7.66. The van der Waals surface area contributed by atoms with Gasteiger partial charge in [0.15, 0.2) is 0 Å². The monoisotopic (exact) mass is 502 g/mol. The Hall–Kier alpha value is -0.290. The fraction of sp³-hybridized carbons (Fsp3) is 0.176. The van der Waals surface area contributed by atoms with E-state index in [1.807, 2.05) is 0 Å². The summed E-state index contributed by atoms with van der Waals surface area (Å²) >= 11 is 31.2. The Morgan fingerprint density at radius 3 is 1.40 bits per heavy atom. The maximum Gasteiger partial charge on any atom is 0.226 e. The number of carbonyl (C=O) groups is 2.